The van der Waals surface area contributed by atoms with Crippen molar-refractivity contribution < 1.29 is 4.79 Å². The lowest BCUT2D eigenvalue weighted by atomic mass is 10.1. The molecule has 106 valence electrons. The number of nitrogens with one attached hydrogen (secondary N) is 2. The van der Waals surface area contributed by atoms with Crippen LogP contribution in [0, 0.1) is 13.8 Å². The molecule has 2 aromatic rings. The molecule has 0 fully saturated rings. The molecule has 0 aliphatic heterocycles. The molecule has 0 bridgehead atoms. The first-order chi connectivity index (χ1) is 9.51. The molecular formula is C15H17ClN2OS. The Bertz CT molecular complexity index is 637. The van der Waals surface area contributed by atoms with Crippen LogP contribution in [0.3, 0.4) is 0 Å². The van der Waals surface area contributed by atoms with Crippen LogP contribution in [0.5, 0.6) is 0 Å². The van der Waals surface area contributed by atoms with Gasteiger partial charge in [-0.15, -0.1) is 11.3 Å². The number of rotatable bonds is 4. The topological polar surface area (TPSA) is 41.1 Å². The molecule has 1 heterocycles. The summed E-state index contributed by atoms with van der Waals surface area (Å²) in [7, 11) is 1.61. The number of benzene rings is 1. The van der Waals surface area contributed by atoms with Crippen molar-refractivity contribution in [1.29, 1.82) is 0 Å². The molecule has 1 aromatic heterocycles. The molecule has 2 rings (SSSR count). The highest BCUT2D eigenvalue weighted by Gasteiger charge is 2.08. The van der Waals surface area contributed by atoms with Crippen LogP contribution in [-0.2, 0) is 6.54 Å². The second-order valence-corrected chi connectivity index (χ2v) is 6.43. The van der Waals surface area contributed by atoms with E-state index in [1.165, 1.54) is 15.3 Å². The van der Waals surface area contributed by atoms with Crippen LogP contribution in [-0.4, -0.2) is 13.0 Å². The van der Waals surface area contributed by atoms with E-state index in [0.717, 1.165) is 5.69 Å². The number of carbonyl (C=O) groups is 1. The molecule has 0 atom stereocenters. The predicted molar refractivity (Wildman–Crippen MR) is 86.0 cm³/mol. The van der Waals surface area contributed by atoms with Gasteiger partial charge in [-0.05, 0) is 43.7 Å². The maximum absolute atomic E-state index is 11.6. The monoisotopic (exact) mass is 308 g/mol. The fraction of sp³-hybridized carbons (Fsp3) is 0.267. The molecule has 0 spiro atoms. The Morgan fingerprint density at radius 3 is 2.65 bits per heavy atom. The molecule has 20 heavy (non-hydrogen) atoms. The Morgan fingerprint density at radius 2 is 2.05 bits per heavy atom. The zero-order chi connectivity index (χ0) is 14.7. The van der Waals surface area contributed by atoms with E-state index in [9.17, 15) is 4.79 Å². The fourth-order valence-corrected chi connectivity index (χ4v) is 3.13. The molecule has 1 aromatic carbocycles. The normalized spacial score (nSPS) is 10.4. The van der Waals surface area contributed by atoms with Crippen LogP contribution in [0.4, 0.5) is 5.69 Å². The predicted octanol–water partition coefficient (Wildman–Crippen LogP) is 3.99. The molecule has 0 saturated heterocycles. The molecule has 1 amide bonds. The van der Waals surface area contributed by atoms with Gasteiger partial charge in [-0.2, -0.15) is 0 Å². The van der Waals surface area contributed by atoms with Gasteiger partial charge in [0, 0.05) is 28.9 Å². The number of aryl methyl sites for hydroxylation is 2. The van der Waals surface area contributed by atoms with E-state index in [1.807, 2.05) is 0 Å². The molecular weight excluding hydrogens is 292 g/mol. The first-order valence-corrected chi connectivity index (χ1v) is 7.52. The van der Waals surface area contributed by atoms with Gasteiger partial charge in [0.25, 0.3) is 5.91 Å². The van der Waals surface area contributed by atoms with E-state index >= 15 is 0 Å². The minimum absolute atomic E-state index is 0.118. The van der Waals surface area contributed by atoms with Crippen LogP contribution in [0.25, 0.3) is 0 Å². The summed E-state index contributed by atoms with van der Waals surface area (Å²) < 4.78 is 0. The van der Waals surface area contributed by atoms with Gasteiger partial charge in [0.15, 0.2) is 0 Å². The number of halogens is 1. The van der Waals surface area contributed by atoms with E-state index < -0.39 is 0 Å². The minimum atomic E-state index is -0.118. The Kier molecular flexibility index (Phi) is 4.68. The van der Waals surface area contributed by atoms with Crippen molar-refractivity contribution in [2.24, 2.45) is 0 Å². The highest BCUT2D eigenvalue weighted by Crippen LogP contribution is 2.26. The van der Waals surface area contributed by atoms with Crippen molar-refractivity contribution in [3.8, 4) is 0 Å². The smallest absolute Gasteiger partial charge is 0.251 e. The van der Waals surface area contributed by atoms with Gasteiger partial charge in [-0.25, -0.2) is 0 Å². The summed E-state index contributed by atoms with van der Waals surface area (Å²) in [4.78, 5) is 14.2. The Balaban J connectivity index is 2.16. The third-order valence-corrected chi connectivity index (χ3v) is 4.41. The SMILES string of the molecule is CNC(=O)c1ccc(Cl)c(NCc2cc(C)sc2C)c1. The van der Waals surface area contributed by atoms with Gasteiger partial charge in [0.05, 0.1) is 10.7 Å². The van der Waals surface area contributed by atoms with E-state index in [2.05, 4.69) is 30.5 Å². The third-order valence-electron chi connectivity index (χ3n) is 3.07. The van der Waals surface area contributed by atoms with Crippen molar-refractivity contribution in [3.05, 3.63) is 50.2 Å². The van der Waals surface area contributed by atoms with Crippen molar-refractivity contribution in [1.82, 2.24) is 5.32 Å². The first-order valence-electron chi connectivity index (χ1n) is 6.32. The lowest BCUT2D eigenvalue weighted by Crippen LogP contribution is -2.17. The highest BCUT2D eigenvalue weighted by molar-refractivity contribution is 7.12. The molecule has 0 saturated carbocycles. The summed E-state index contributed by atoms with van der Waals surface area (Å²) in [5.74, 6) is -0.118. The molecule has 3 nitrogen and oxygen atoms in total. The van der Waals surface area contributed by atoms with Crippen LogP contribution in [0.2, 0.25) is 5.02 Å². The minimum Gasteiger partial charge on any atom is -0.380 e. The van der Waals surface area contributed by atoms with Gasteiger partial charge >= 0.3 is 0 Å². The van der Waals surface area contributed by atoms with Crippen molar-refractivity contribution in [3.63, 3.8) is 0 Å². The van der Waals surface area contributed by atoms with Gasteiger partial charge < -0.3 is 10.6 Å². The number of carbonyl (C=O) groups excluding carboxylic acids is 1. The van der Waals surface area contributed by atoms with Crippen molar-refractivity contribution in [2.75, 3.05) is 12.4 Å². The largest absolute Gasteiger partial charge is 0.380 e. The highest BCUT2D eigenvalue weighted by atomic mass is 35.5. The maximum atomic E-state index is 11.6. The lowest BCUT2D eigenvalue weighted by molar-refractivity contribution is 0.0963. The summed E-state index contributed by atoms with van der Waals surface area (Å²) in [6.07, 6.45) is 0. The number of hydrogen-bond donors (Lipinski definition) is 2. The van der Waals surface area contributed by atoms with E-state index in [0.29, 0.717) is 17.1 Å². The summed E-state index contributed by atoms with van der Waals surface area (Å²) in [6, 6.07) is 7.39. The molecule has 2 N–H and O–H groups in total. The molecule has 0 aliphatic rings. The molecule has 0 aliphatic carbocycles. The number of amides is 1. The maximum Gasteiger partial charge on any atom is 0.251 e. The standard InChI is InChI=1S/C15H17ClN2OS/c1-9-6-12(10(2)20-9)8-18-14-7-11(15(19)17-3)4-5-13(14)16/h4-7,18H,8H2,1-3H3,(H,17,19). The van der Waals surface area contributed by atoms with Crippen LogP contribution in [0.1, 0.15) is 25.7 Å². The van der Waals surface area contributed by atoms with Crippen LogP contribution >= 0.6 is 22.9 Å². The molecule has 0 radical (unpaired) electrons. The average Bonchev–Trinajstić information content (AvgIpc) is 2.75. The van der Waals surface area contributed by atoms with Gasteiger partial charge in [0.1, 0.15) is 0 Å². The third kappa shape index (κ3) is 3.32. The lowest BCUT2D eigenvalue weighted by Gasteiger charge is -2.10. The second kappa shape index (κ2) is 6.29. The average molecular weight is 309 g/mol. The second-order valence-electron chi connectivity index (χ2n) is 4.57. The molecule has 5 heteroatoms. The Morgan fingerprint density at radius 1 is 1.30 bits per heavy atom. The number of anilines is 1. The Hall–Kier alpha value is -1.52. The Labute approximate surface area is 128 Å². The van der Waals surface area contributed by atoms with Gasteiger partial charge in [0.2, 0.25) is 0 Å². The zero-order valence-electron chi connectivity index (χ0n) is 11.7. The number of thiophene rings is 1. The van der Waals surface area contributed by atoms with E-state index in [-0.39, 0.29) is 5.91 Å². The summed E-state index contributed by atoms with van der Waals surface area (Å²) in [6.45, 7) is 4.91. The summed E-state index contributed by atoms with van der Waals surface area (Å²) in [5.41, 5.74) is 2.63. The number of hydrogen-bond acceptors (Lipinski definition) is 3. The quantitative estimate of drug-likeness (QED) is 0.896. The first kappa shape index (κ1) is 14.9. The summed E-state index contributed by atoms with van der Waals surface area (Å²) in [5, 5.41) is 6.52. The van der Waals surface area contributed by atoms with Crippen molar-refractivity contribution in [2.45, 2.75) is 20.4 Å². The summed E-state index contributed by atoms with van der Waals surface area (Å²) >= 11 is 7.95. The van der Waals surface area contributed by atoms with Crippen LogP contribution < -0.4 is 10.6 Å². The van der Waals surface area contributed by atoms with Gasteiger partial charge in [-0.1, -0.05) is 11.6 Å². The zero-order valence-corrected chi connectivity index (χ0v) is 13.3. The molecule has 0 unspecified atom stereocenters. The fourth-order valence-electron chi connectivity index (χ4n) is 2.00. The van der Waals surface area contributed by atoms with E-state index in [1.54, 1.807) is 36.6 Å². The van der Waals surface area contributed by atoms with E-state index in [4.69, 9.17) is 11.6 Å². The van der Waals surface area contributed by atoms with Crippen molar-refractivity contribution >= 4 is 34.5 Å². The van der Waals surface area contributed by atoms with Gasteiger partial charge in [-0.3, -0.25) is 4.79 Å². The van der Waals surface area contributed by atoms with Crippen LogP contribution in [0.15, 0.2) is 24.3 Å².